The Morgan fingerprint density at radius 3 is 2.47 bits per heavy atom. The van der Waals surface area contributed by atoms with Gasteiger partial charge in [0.25, 0.3) is 0 Å². The van der Waals surface area contributed by atoms with E-state index in [0.29, 0.717) is 24.8 Å². The number of carbonyl (C=O) groups is 4. The van der Waals surface area contributed by atoms with Crippen molar-refractivity contribution in [1.29, 1.82) is 0 Å². The second-order valence-electron chi connectivity index (χ2n) is 11.0. The van der Waals surface area contributed by atoms with Crippen LogP contribution in [-0.4, -0.2) is 52.6 Å². The van der Waals surface area contributed by atoms with Gasteiger partial charge in [0.1, 0.15) is 11.7 Å². The number of ether oxygens (including phenoxy) is 2. The van der Waals surface area contributed by atoms with Crippen molar-refractivity contribution < 1.29 is 38.1 Å². The molecule has 0 amide bonds. The number of hydrogen-bond donors (Lipinski definition) is 1. The monoisotopic (exact) mass is 476 g/mol. The van der Waals surface area contributed by atoms with E-state index in [2.05, 4.69) is 0 Å². The van der Waals surface area contributed by atoms with E-state index in [1.54, 1.807) is 26.8 Å². The third kappa shape index (κ3) is 3.10. The molecule has 0 saturated heterocycles. The number of fused-ring (bicyclic) bond motifs is 5. The van der Waals surface area contributed by atoms with Crippen molar-refractivity contribution in [2.75, 3.05) is 6.61 Å². The van der Waals surface area contributed by atoms with Crippen LogP contribution in [0.3, 0.4) is 0 Å². The fourth-order valence-corrected chi connectivity index (χ4v) is 7.71. The van der Waals surface area contributed by atoms with Crippen LogP contribution in [0.5, 0.6) is 0 Å². The lowest BCUT2D eigenvalue weighted by molar-refractivity contribution is -0.229. The molecule has 186 valence electrons. The average molecular weight is 477 g/mol. The summed E-state index contributed by atoms with van der Waals surface area (Å²) in [4.78, 5) is 48.7. The summed E-state index contributed by atoms with van der Waals surface area (Å²) < 4.78 is 28.1. The molecule has 0 radical (unpaired) electrons. The summed E-state index contributed by atoms with van der Waals surface area (Å²) in [5.74, 6) is -3.62. The number of ketones is 2. The first-order valence-electron chi connectivity index (χ1n) is 11.9. The van der Waals surface area contributed by atoms with Crippen molar-refractivity contribution in [1.82, 2.24) is 0 Å². The number of alkyl halides is 1. The van der Waals surface area contributed by atoms with Crippen LogP contribution in [0, 0.1) is 28.6 Å². The van der Waals surface area contributed by atoms with Crippen LogP contribution in [0.15, 0.2) is 23.8 Å². The second kappa shape index (κ2) is 7.83. The van der Waals surface area contributed by atoms with Crippen LogP contribution < -0.4 is 0 Å². The van der Waals surface area contributed by atoms with E-state index in [0.717, 1.165) is 0 Å². The molecule has 7 nitrogen and oxygen atoms in total. The maximum atomic E-state index is 17.6. The number of halogens is 1. The number of rotatable bonds is 4. The number of carbonyl (C=O) groups excluding carboxylic acids is 4. The molecule has 0 aliphatic heterocycles. The molecule has 0 aromatic carbocycles. The Hall–Kier alpha value is -2.35. The van der Waals surface area contributed by atoms with Gasteiger partial charge in [-0.05, 0) is 56.6 Å². The molecule has 3 saturated carbocycles. The van der Waals surface area contributed by atoms with Crippen molar-refractivity contribution in [3.63, 3.8) is 0 Å². The number of Topliss-reactive ketones (excluding diaryl/α,β-unsaturated/α-hetero) is 1. The molecule has 1 N–H and O–H groups in total. The molecule has 3 fully saturated rings. The van der Waals surface area contributed by atoms with Gasteiger partial charge < -0.3 is 14.6 Å². The Balaban J connectivity index is 1.83. The van der Waals surface area contributed by atoms with Gasteiger partial charge >= 0.3 is 11.9 Å². The topological polar surface area (TPSA) is 107 Å². The number of allylic oxidation sites excluding steroid dienone is 4. The Labute approximate surface area is 198 Å². The van der Waals surface area contributed by atoms with Gasteiger partial charge in [0, 0.05) is 30.6 Å². The number of aliphatic hydroxyl groups is 1. The third-order valence-electron chi connectivity index (χ3n) is 9.34. The summed E-state index contributed by atoms with van der Waals surface area (Å²) in [5.41, 5.74) is -5.48. The quantitative estimate of drug-likeness (QED) is 0.622. The van der Waals surface area contributed by atoms with Crippen LogP contribution in [-0.2, 0) is 28.7 Å². The van der Waals surface area contributed by atoms with E-state index in [-0.39, 0.29) is 18.1 Å². The summed E-state index contributed by atoms with van der Waals surface area (Å²) in [6, 6.07) is 0. The summed E-state index contributed by atoms with van der Waals surface area (Å²) >= 11 is 0. The van der Waals surface area contributed by atoms with Gasteiger partial charge in [-0.25, -0.2) is 4.39 Å². The van der Waals surface area contributed by atoms with Gasteiger partial charge in [0.15, 0.2) is 18.1 Å². The molecule has 0 aromatic heterocycles. The Kier molecular flexibility index (Phi) is 5.71. The highest BCUT2D eigenvalue weighted by atomic mass is 19.1. The molecule has 8 atom stereocenters. The zero-order valence-corrected chi connectivity index (χ0v) is 20.4. The normalized spacial score (nSPS) is 44.9. The van der Waals surface area contributed by atoms with E-state index >= 15 is 4.39 Å². The smallest absolute Gasteiger partial charge is 0.303 e. The van der Waals surface area contributed by atoms with E-state index in [1.807, 2.05) is 0 Å². The minimum atomic E-state index is -2.02. The Bertz CT molecular complexity index is 1020. The van der Waals surface area contributed by atoms with Gasteiger partial charge in [0.05, 0.1) is 0 Å². The predicted molar refractivity (Wildman–Crippen MR) is 119 cm³/mol. The van der Waals surface area contributed by atoms with Crippen molar-refractivity contribution in [2.24, 2.45) is 28.6 Å². The maximum Gasteiger partial charge on any atom is 0.303 e. The molecule has 4 aliphatic carbocycles. The van der Waals surface area contributed by atoms with Crippen LogP contribution in [0.25, 0.3) is 0 Å². The first kappa shape index (κ1) is 24.8. The van der Waals surface area contributed by atoms with Crippen LogP contribution in [0.4, 0.5) is 4.39 Å². The molecule has 0 bridgehead atoms. The van der Waals surface area contributed by atoms with Gasteiger partial charge in [-0.15, -0.1) is 0 Å². The summed E-state index contributed by atoms with van der Waals surface area (Å²) in [6.07, 6.45) is 4.43. The van der Waals surface area contributed by atoms with Crippen molar-refractivity contribution in [3.8, 4) is 0 Å². The minimum Gasteiger partial charge on any atom is -0.459 e. The zero-order valence-electron chi connectivity index (χ0n) is 20.4. The Morgan fingerprint density at radius 1 is 1.18 bits per heavy atom. The van der Waals surface area contributed by atoms with Crippen molar-refractivity contribution >= 4 is 23.5 Å². The second-order valence-corrected chi connectivity index (χ2v) is 11.0. The summed E-state index contributed by atoms with van der Waals surface area (Å²) in [6.45, 7) is 7.08. The lowest BCUT2D eigenvalue weighted by Crippen LogP contribution is -2.70. The largest absolute Gasteiger partial charge is 0.459 e. The SMILES string of the molecule is CC(=O)OCC(=O)[C@@]1(O)[C@H](C)C[C@@H]2[C@@H]3CCC4=CC(=O)C=C[C@]4(C)[C@@]3(F)[C@H](OC(C)=O)C[C@@]21C. The molecular formula is C26H33FO7. The lowest BCUT2D eigenvalue weighted by Gasteiger charge is -2.63. The fourth-order valence-electron chi connectivity index (χ4n) is 7.71. The van der Waals surface area contributed by atoms with Crippen LogP contribution in [0.1, 0.15) is 60.3 Å². The maximum absolute atomic E-state index is 17.6. The zero-order chi connectivity index (χ0) is 25.3. The standard InChI is InChI=1S/C26H33FO7/c1-14-10-20-19-7-6-17-11-18(30)8-9-23(17,4)25(19,27)22(34-16(3)29)12-24(20,5)26(14,32)21(31)13-33-15(2)28/h8-9,11,14,19-20,22,32H,6-7,10,12-13H2,1-5H3/t14-,19+,20-,22-,23+,24+,25+,26+/m1/s1. The van der Waals surface area contributed by atoms with Crippen molar-refractivity contribution in [3.05, 3.63) is 23.8 Å². The predicted octanol–water partition coefficient (Wildman–Crippen LogP) is 3.04. The van der Waals surface area contributed by atoms with Crippen LogP contribution in [0.2, 0.25) is 0 Å². The Morgan fingerprint density at radius 2 is 1.85 bits per heavy atom. The molecule has 4 aliphatic rings. The highest BCUT2D eigenvalue weighted by molar-refractivity contribution is 6.01. The molecular weight excluding hydrogens is 443 g/mol. The van der Waals surface area contributed by atoms with E-state index in [9.17, 15) is 24.3 Å². The molecule has 8 heteroatoms. The molecule has 0 aromatic rings. The highest BCUT2D eigenvalue weighted by Crippen LogP contribution is 2.71. The lowest BCUT2D eigenvalue weighted by atomic mass is 9.44. The van der Waals surface area contributed by atoms with Crippen LogP contribution >= 0.6 is 0 Å². The summed E-state index contributed by atoms with van der Waals surface area (Å²) in [7, 11) is 0. The van der Waals surface area contributed by atoms with Gasteiger partial charge in [0.2, 0.25) is 5.78 Å². The summed E-state index contributed by atoms with van der Waals surface area (Å²) in [5, 5.41) is 11.9. The molecule has 0 heterocycles. The van der Waals surface area contributed by atoms with Gasteiger partial charge in [-0.1, -0.05) is 25.5 Å². The average Bonchev–Trinajstić information content (AvgIpc) is 2.94. The highest BCUT2D eigenvalue weighted by Gasteiger charge is 2.76. The number of esters is 2. The van der Waals surface area contributed by atoms with Crippen molar-refractivity contribution in [2.45, 2.75) is 77.7 Å². The molecule has 0 unspecified atom stereocenters. The molecule has 34 heavy (non-hydrogen) atoms. The van der Waals surface area contributed by atoms with E-state index < -0.39 is 64.4 Å². The van der Waals surface area contributed by atoms with Gasteiger partial charge in [-0.2, -0.15) is 0 Å². The van der Waals surface area contributed by atoms with E-state index in [1.165, 1.54) is 26.0 Å². The first-order valence-corrected chi connectivity index (χ1v) is 11.9. The fraction of sp³-hybridized carbons (Fsp3) is 0.692. The van der Waals surface area contributed by atoms with E-state index in [4.69, 9.17) is 9.47 Å². The minimum absolute atomic E-state index is 0.0679. The molecule has 0 spiro atoms. The van der Waals surface area contributed by atoms with Gasteiger partial charge in [-0.3, -0.25) is 19.2 Å². The molecule has 4 rings (SSSR count). The third-order valence-corrected chi connectivity index (χ3v) is 9.34. The first-order chi connectivity index (χ1) is 15.7. The number of hydrogen-bond acceptors (Lipinski definition) is 7.